The van der Waals surface area contributed by atoms with E-state index in [0.717, 1.165) is 44.2 Å². The predicted molar refractivity (Wildman–Crippen MR) is 95.2 cm³/mol. The minimum atomic E-state index is 0.644. The van der Waals surface area contributed by atoms with Crippen molar-refractivity contribution in [2.45, 2.75) is 32.0 Å². The monoisotopic (exact) mass is 349 g/mol. The Bertz CT molecular complexity index is 705. The van der Waals surface area contributed by atoms with Gasteiger partial charge in [-0.15, -0.1) is 11.3 Å². The molecule has 0 unspecified atom stereocenters. The van der Waals surface area contributed by atoms with Crippen LogP contribution in [-0.4, -0.2) is 50.3 Å². The highest BCUT2D eigenvalue weighted by Crippen LogP contribution is 2.38. The van der Waals surface area contributed by atoms with Gasteiger partial charge in [0.2, 0.25) is 0 Å². The lowest BCUT2D eigenvalue weighted by Crippen LogP contribution is -2.46. The number of thiophene rings is 1. The van der Waals surface area contributed by atoms with Gasteiger partial charge in [0.05, 0.1) is 6.67 Å². The van der Waals surface area contributed by atoms with Gasteiger partial charge < -0.3 is 4.57 Å². The van der Waals surface area contributed by atoms with Crippen molar-refractivity contribution in [3.8, 4) is 0 Å². The zero-order chi connectivity index (χ0) is 15.8. The number of nitrogens with zero attached hydrogens (tertiary/aromatic N) is 5. The summed E-state index contributed by atoms with van der Waals surface area (Å²) in [6.45, 7) is 6.32. The van der Waals surface area contributed by atoms with Gasteiger partial charge in [-0.25, -0.2) is 4.68 Å². The fourth-order valence-electron chi connectivity index (χ4n) is 3.20. The van der Waals surface area contributed by atoms with Crippen molar-refractivity contribution in [3.63, 3.8) is 0 Å². The van der Waals surface area contributed by atoms with Gasteiger partial charge in [0.1, 0.15) is 5.82 Å². The van der Waals surface area contributed by atoms with E-state index < -0.39 is 0 Å². The zero-order valence-corrected chi connectivity index (χ0v) is 15.2. The molecule has 3 heterocycles. The fourth-order valence-corrected chi connectivity index (χ4v) is 4.13. The van der Waals surface area contributed by atoms with E-state index >= 15 is 0 Å². The number of hydrogen-bond acceptors (Lipinski definition) is 5. The Morgan fingerprint density at radius 1 is 1.22 bits per heavy atom. The Labute approximate surface area is 146 Å². The molecule has 4 rings (SSSR count). The highest BCUT2D eigenvalue weighted by Gasteiger charge is 2.29. The summed E-state index contributed by atoms with van der Waals surface area (Å²) in [5, 5.41) is 6.93. The van der Waals surface area contributed by atoms with Crippen LogP contribution in [0.1, 0.15) is 29.5 Å². The van der Waals surface area contributed by atoms with E-state index in [1.165, 1.54) is 23.5 Å². The standard InChI is InChI=1S/C16H23N5S2/c1-18-15(13-4-5-13)17-21(16(18)22)12-20-8-6-19(7-9-20)11-14-3-2-10-23-14/h2-3,10,13H,4-9,11-12H2,1H3. The van der Waals surface area contributed by atoms with Crippen LogP contribution in [-0.2, 0) is 20.3 Å². The summed E-state index contributed by atoms with van der Waals surface area (Å²) in [6.07, 6.45) is 2.53. The molecule has 0 radical (unpaired) electrons. The normalized spacial score (nSPS) is 20.2. The number of piperazine rings is 1. The van der Waals surface area contributed by atoms with Crippen LogP contribution in [0.25, 0.3) is 0 Å². The molecular weight excluding hydrogens is 326 g/mol. The van der Waals surface area contributed by atoms with Gasteiger partial charge >= 0.3 is 0 Å². The predicted octanol–water partition coefficient (Wildman–Crippen LogP) is 2.67. The van der Waals surface area contributed by atoms with Gasteiger partial charge in [-0.3, -0.25) is 9.80 Å². The quantitative estimate of drug-likeness (QED) is 0.776. The maximum Gasteiger partial charge on any atom is 0.198 e. The van der Waals surface area contributed by atoms with Gasteiger partial charge in [0.25, 0.3) is 0 Å². The van der Waals surface area contributed by atoms with Crippen LogP contribution in [0.4, 0.5) is 0 Å². The molecule has 0 bridgehead atoms. The molecule has 7 heteroatoms. The van der Waals surface area contributed by atoms with Crippen LogP contribution < -0.4 is 0 Å². The molecule has 2 aromatic heterocycles. The van der Waals surface area contributed by atoms with Crippen molar-refractivity contribution in [1.82, 2.24) is 24.1 Å². The van der Waals surface area contributed by atoms with Gasteiger partial charge in [0.15, 0.2) is 4.77 Å². The molecule has 124 valence electrons. The Kier molecular flexibility index (Phi) is 4.36. The van der Waals surface area contributed by atoms with E-state index in [4.69, 9.17) is 17.3 Å². The van der Waals surface area contributed by atoms with Crippen LogP contribution in [0.5, 0.6) is 0 Å². The molecule has 0 atom stereocenters. The fraction of sp³-hybridized carbons (Fsp3) is 0.625. The molecule has 23 heavy (non-hydrogen) atoms. The van der Waals surface area contributed by atoms with E-state index in [0.29, 0.717) is 5.92 Å². The Balaban J connectivity index is 1.34. The zero-order valence-electron chi connectivity index (χ0n) is 13.5. The number of rotatable bonds is 5. The minimum Gasteiger partial charge on any atom is -0.307 e. The van der Waals surface area contributed by atoms with Crippen LogP contribution in [0.15, 0.2) is 17.5 Å². The second kappa shape index (κ2) is 6.47. The third-order valence-corrected chi connectivity index (χ3v) is 6.12. The molecule has 1 saturated heterocycles. The first-order valence-corrected chi connectivity index (χ1v) is 9.60. The van der Waals surface area contributed by atoms with Crippen LogP contribution in [0.2, 0.25) is 0 Å². The molecule has 0 spiro atoms. The minimum absolute atomic E-state index is 0.644. The first kappa shape index (κ1) is 15.5. The molecule has 2 aliphatic rings. The number of hydrogen-bond donors (Lipinski definition) is 0. The average Bonchev–Trinajstić information content (AvgIpc) is 3.21. The summed E-state index contributed by atoms with van der Waals surface area (Å²) in [5.74, 6) is 1.82. The third-order valence-electron chi connectivity index (χ3n) is 4.78. The molecule has 1 aliphatic carbocycles. The highest BCUT2D eigenvalue weighted by molar-refractivity contribution is 7.71. The molecule has 2 fully saturated rings. The molecule has 1 saturated carbocycles. The van der Waals surface area contributed by atoms with Crippen molar-refractivity contribution in [2.75, 3.05) is 26.2 Å². The summed E-state index contributed by atoms with van der Waals surface area (Å²) in [5.41, 5.74) is 0. The molecule has 0 aromatic carbocycles. The van der Waals surface area contributed by atoms with Crippen molar-refractivity contribution >= 4 is 23.6 Å². The average molecular weight is 350 g/mol. The van der Waals surface area contributed by atoms with Crippen LogP contribution >= 0.6 is 23.6 Å². The topological polar surface area (TPSA) is 29.2 Å². The highest BCUT2D eigenvalue weighted by atomic mass is 32.1. The summed E-state index contributed by atoms with van der Waals surface area (Å²) in [4.78, 5) is 6.46. The lowest BCUT2D eigenvalue weighted by atomic mass is 10.3. The maximum absolute atomic E-state index is 5.56. The third kappa shape index (κ3) is 3.42. The smallest absolute Gasteiger partial charge is 0.198 e. The number of aromatic nitrogens is 3. The molecule has 0 N–H and O–H groups in total. The SMILES string of the molecule is Cn1c(C2CC2)nn(CN2CCN(Cc3cccs3)CC2)c1=S. The Morgan fingerprint density at radius 2 is 1.96 bits per heavy atom. The van der Waals surface area contributed by atoms with E-state index in [-0.39, 0.29) is 0 Å². The summed E-state index contributed by atoms with van der Waals surface area (Å²) in [7, 11) is 2.05. The van der Waals surface area contributed by atoms with E-state index in [1.807, 2.05) is 16.0 Å². The van der Waals surface area contributed by atoms with E-state index in [1.54, 1.807) is 0 Å². The maximum atomic E-state index is 5.56. The molecule has 2 aromatic rings. The first-order chi connectivity index (χ1) is 11.2. The van der Waals surface area contributed by atoms with Gasteiger partial charge in [-0.05, 0) is 36.5 Å². The Hall–Kier alpha value is -1.02. The van der Waals surface area contributed by atoms with Crippen LogP contribution in [0, 0.1) is 4.77 Å². The molecule has 5 nitrogen and oxygen atoms in total. The lowest BCUT2D eigenvalue weighted by molar-refractivity contribution is 0.0986. The van der Waals surface area contributed by atoms with Crippen LogP contribution in [0.3, 0.4) is 0 Å². The molecular formula is C16H23N5S2. The van der Waals surface area contributed by atoms with Crippen molar-refractivity contribution in [1.29, 1.82) is 0 Å². The molecule has 0 amide bonds. The van der Waals surface area contributed by atoms with Gasteiger partial charge in [0, 0.05) is 50.6 Å². The Morgan fingerprint density at radius 3 is 2.61 bits per heavy atom. The second-order valence-electron chi connectivity index (χ2n) is 6.59. The van der Waals surface area contributed by atoms with Crippen molar-refractivity contribution in [2.24, 2.45) is 7.05 Å². The van der Waals surface area contributed by atoms with Crippen molar-refractivity contribution in [3.05, 3.63) is 33.0 Å². The van der Waals surface area contributed by atoms with Crippen molar-refractivity contribution < 1.29 is 0 Å². The molecule has 1 aliphatic heterocycles. The van der Waals surface area contributed by atoms with Gasteiger partial charge in [-0.1, -0.05) is 6.07 Å². The van der Waals surface area contributed by atoms with E-state index in [2.05, 4.69) is 38.9 Å². The summed E-state index contributed by atoms with van der Waals surface area (Å²) < 4.78 is 4.96. The summed E-state index contributed by atoms with van der Waals surface area (Å²) in [6, 6.07) is 4.36. The second-order valence-corrected chi connectivity index (χ2v) is 7.99. The lowest BCUT2D eigenvalue weighted by Gasteiger charge is -2.34. The van der Waals surface area contributed by atoms with E-state index in [9.17, 15) is 0 Å². The summed E-state index contributed by atoms with van der Waals surface area (Å²) >= 11 is 7.41. The first-order valence-electron chi connectivity index (χ1n) is 8.31. The van der Waals surface area contributed by atoms with Gasteiger partial charge in [-0.2, -0.15) is 5.10 Å². The largest absolute Gasteiger partial charge is 0.307 e.